The number of hydrogen-bond donors (Lipinski definition) is 1. The van der Waals surface area contributed by atoms with Crippen LogP contribution in [0.15, 0.2) is 23.1 Å². The van der Waals surface area contributed by atoms with E-state index in [2.05, 4.69) is 5.32 Å². The van der Waals surface area contributed by atoms with Crippen LogP contribution in [-0.2, 0) is 10.0 Å². The maximum absolute atomic E-state index is 12.5. The number of methoxy groups -OCH3 is 1. The van der Waals surface area contributed by atoms with Crippen LogP contribution in [0.5, 0.6) is 5.75 Å². The minimum Gasteiger partial charge on any atom is -0.495 e. The molecule has 0 saturated carbocycles. The Balaban J connectivity index is 0.00000200. The minimum atomic E-state index is -3.51. The molecule has 20 heavy (non-hydrogen) atoms. The number of piperazine rings is 1. The average molecular weight is 341 g/mol. The minimum absolute atomic E-state index is 0. The summed E-state index contributed by atoms with van der Waals surface area (Å²) in [5, 5.41) is 3.46. The Hall–Kier alpha value is -0.530. The fraction of sp³-hybridized carbons (Fsp3) is 0.500. The molecule has 1 heterocycles. The zero-order valence-corrected chi connectivity index (χ0v) is 13.7. The summed E-state index contributed by atoms with van der Waals surface area (Å²) in [7, 11) is -2.01. The predicted octanol–water partition coefficient (Wildman–Crippen LogP) is 1.75. The standard InChI is InChI=1S/C12H17ClN2O3S.ClH/c1-9-8-14-5-6-15(9)19(16,17)10-3-4-12(18-2)11(13)7-10;/h3-4,7,9,14H,5-6,8H2,1-2H3;1H. The Kier molecular flexibility index (Phi) is 6.09. The van der Waals surface area contributed by atoms with E-state index in [0.717, 1.165) is 0 Å². The van der Waals surface area contributed by atoms with Crippen molar-refractivity contribution in [2.24, 2.45) is 0 Å². The Labute approximate surface area is 130 Å². The van der Waals surface area contributed by atoms with Crippen LogP contribution in [0.3, 0.4) is 0 Å². The van der Waals surface area contributed by atoms with Crippen LogP contribution in [0.2, 0.25) is 5.02 Å². The zero-order valence-electron chi connectivity index (χ0n) is 11.3. The first-order valence-corrected chi connectivity index (χ1v) is 7.84. The second-order valence-electron chi connectivity index (χ2n) is 4.47. The van der Waals surface area contributed by atoms with E-state index in [0.29, 0.717) is 30.4 Å². The lowest BCUT2D eigenvalue weighted by Gasteiger charge is -2.32. The van der Waals surface area contributed by atoms with E-state index >= 15 is 0 Å². The molecule has 0 radical (unpaired) electrons. The molecule has 0 aliphatic carbocycles. The molecule has 8 heteroatoms. The van der Waals surface area contributed by atoms with Crippen molar-refractivity contribution in [2.75, 3.05) is 26.7 Å². The Morgan fingerprint density at radius 3 is 2.70 bits per heavy atom. The number of ether oxygens (including phenoxy) is 1. The number of halogens is 2. The highest BCUT2D eigenvalue weighted by Crippen LogP contribution is 2.29. The van der Waals surface area contributed by atoms with Gasteiger partial charge in [-0.25, -0.2) is 8.42 Å². The summed E-state index contributed by atoms with van der Waals surface area (Å²) in [4.78, 5) is 0.201. The molecule has 1 N–H and O–H groups in total. The van der Waals surface area contributed by atoms with Gasteiger partial charge in [-0.2, -0.15) is 4.31 Å². The highest BCUT2D eigenvalue weighted by molar-refractivity contribution is 7.89. The van der Waals surface area contributed by atoms with E-state index in [1.165, 1.54) is 23.5 Å². The molecule has 1 fully saturated rings. The van der Waals surface area contributed by atoms with E-state index in [1.54, 1.807) is 6.07 Å². The quantitative estimate of drug-likeness (QED) is 0.910. The summed E-state index contributed by atoms with van der Waals surface area (Å²) >= 11 is 5.99. The molecule has 0 amide bonds. The second-order valence-corrected chi connectivity index (χ2v) is 6.76. The van der Waals surface area contributed by atoms with Crippen molar-refractivity contribution in [3.63, 3.8) is 0 Å². The molecule has 0 bridgehead atoms. The number of nitrogens with zero attached hydrogens (tertiary/aromatic N) is 1. The first-order chi connectivity index (χ1) is 8.96. The molecule has 114 valence electrons. The number of rotatable bonds is 3. The highest BCUT2D eigenvalue weighted by Gasteiger charge is 2.31. The SMILES string of the molecule is COc1ccc(S(=O)(=O)N2CCNCC2C)cc1Cl.Cl. The molecule has 1 atom stereocenters. The number of sulfonamides is 1. The van der Waals surface area contributed by atoms with Gasteiger partial charge in [0.2, 0.25) is 10.0 Å². The van der Waals surface area contributed by atoms with Gasteiger partial charge in [0, 0.05) is 25.7 Å². The van der Waals surface area contributed by atoms with Gasteiger partial charge in [0.1, 0.15) is 5.75 Å². The van der Waals surface area contributed by atoms with Gasteiger partial charge in [0.05, 0.1) is 17.0 Å². The maximum Gasteiger partial charge on any atom is 0.243 e. The van der Waals surface area contributed by atoms with Gasteiger partial charge < -0.3 is 10.1 Å². The van der Waals surface area contributed by atoms with Crippen LogP contribution >= 0.6 is 24.0 Å². The molecule has 1 aromatic rings. The van der Waals surface area contributed by atoms with Crippen molar-refractivity contribution in [1.82, 2.24) is 9.62 Å². The van der Waals surface area contributed by atoms with Gasteiger partial charge in [-0.3, -0.25) is 0 Å². The summed E-state index contributed by atoms with van der Waals surface area (Å²) in [5.41, 5.74) is 0. The van der Waals surface area contributed by atoms with Crippen LogP contribution in [0.1, 0.15) is 6.92 Å². The van der Waals surface area contributed by atoms with Crippen molar-refractivity contribution in [3.05, 3.63) is 23.2 Å². The van der Waals surface area contributed by atoms with Gasteiger partial charge in [0.25, 0.3) is 0 Å². The largest absolute Gasteiger partial charge is 0.495 e. The number of nitrogens with one attached hydrogen (secondary N) is 1. The van der Waals surface area contributed by atoms with E-state index in [1.807, 2.05) is 6.92 Å². The molecule has 1 aromatic carbocycles. The van der Waals surface area contributed by atoms with E-state index < -0.39 is 10.0 Å². The lowest BCUT2D eigenvalue weighted by molar-refractivity contribution is 0.284. The molecule has 1 saturated heterocycles. The van der Waals surface area contributed by atoms with Crippen LogP contribution in [0, 0.1) is 0 Å². The average Bonchev–Trinajstić information content (AvgIpc) is 2.39. The van der Waals surface area contributed by atoms with Crippen molar-refractivity contribution >= 4 is 34.0 Å². The normalized spacial score (nSPS) is 20.2. The summed E-state index contributed by atoms with van der Waals surface area (Å²) in [6.45, 7) is 3.67. The third-order valence-electron chi connectivity index (χ3n) is 3.17. The topological polar surface area (TPSA) is 58.6 Å². The van der Waals surface area contributed by atoms with Crippen LogP contribution < -0.4 is 10.1 Å². The van der Waals surface area contributed by atoms with Crippen molar-refractivity contribution in [1.29, 1.82) is 0 Å². The highest BCUT2D eigenvalue weighted by atomic mass is 35.5. The lowest BCUT2D eigenvalue weighted by atomic mass is 10.3. The van der Waals surface area contributed by atoms with Gasteiger partial charge in [-0.15, -0.1) is 12.4 Å². The van der Waals surface area contributed by atoms with Crippen LogP contribution in [0.4, 0.5) is 0 Å². The van der Waals surface area contributed by atoms with Crippen molar-refractivity contribution in [3.8, 4) is 5.75 Å². The Bertz CT molecular complexity index is 566. The van der Waals surface area contributed by atoms with E-state index in [9.17, 15) is 8.42 Å². The molecule has 0 aromatic heterocycles. The fourth-order valence-electron chi connectivity index (χ4n) is 2.12. The molecular formula is C12H18Cl2N2O3S. The Morgan fingerprint density at radius 2 is 2.15 bits per heavy atom. The number of benzene rings is 1. The summed E-state index contributed by atoms with van der Waals surface area (Å²) in [6.07, 6.45) is 0. The molecule has 5 nitrogen and oxygen atoms in total. The summed E-state index contributed by atoms with van der Waals surface area (Å²) < 4.78 is 31.6. The van der Waals surface area contributed by atoms with Gasteiger partial charge in [-0.05, 0) is 25.1 Å². The third-order valence-corrected chi connectivity index (χ3v) is 5.48. The van der Waals surface area contributed by atoms with Gasteiger partial charge in [0.15, 0.2) is 0 Å². The smallest absolute Gasteiger partial charge is 0.243 e. The lowest BCUT2D eigenvalue weighted by Crippen LogP contribution is -2.52. The predicted molar refractivity (Wildman–Crippen MR) is 81.5 cm³/mol. The summed E-state index contributed by atoms with van der Waals surface area (Å²) in [6, 6.07) is 4.46. The van der Waals surface area contributed by atoms with Gasteiger partial charge >= 0.3 is 0 Å². The molecule has 0 spiro atoms. The first-order valence-electron chi connectivity index (χ1n) is 6.03. The molecule has 1 aliphatic rings. The van der Waals surface area contributed by atoms with Crippen molar-refractivity contribution < 1.29 is 13.2 Å². The molecule has 1 unspecified atom stereocenters. The Morgan fingerprint density at radius 1 is 1.45 bits per heavy atom. The third kappa shape index (κ3) is 3.38. The van der Waals surface area contributed by atoms with E-state index in [-0.39, 0.29) is 23.3 Å². The molecule has 1 aliphatic heterocycles. The molecule has 2 rings (SSSR count). The summed E-state index contributed by atoms with van der Waals surface area (Å²) in [5.74, 6) is 0.467. The van der Waals surface area contributed by atoms with Crippen molar-refractivity contribution in [2.45, 2.75) is 17.9 Å². The van der Waals surface area contributed by atoms with Gasteiger partial charge in [-0.1, -0.05) is 11.6 Å². The first kappa shape index (κ1) is 17.5. The van der Waals surface area contributed by atoms with Crippen LogP contribution in [-0.4, -0.2) is 45.5 Å². The molecular weight excluding hydrogens is 323 g/mol. The van der Waals surface area contributed by atoms with E-state index in [4.69, 9.17) is 16.3 Å². The van der Waals surface area contributed by atoms with Crippen LogP contribution in [0.25, 0.3) is 0 Å². The second kappa shape index (κ2) is 6.95. The zero-order chi connectivity index (χ0) is 14.0. The monoisotopic (exact) mass is 340 g/mol. The number of hydrogen-bond acceptors (Lipinski definition) is 4. The maximum atomic E-state index is 12.5. The fourth-order valence-corrected chi connectivity index (χ4v) is 4.10.